The van der Waals surface area contributed by atoms with Crippen molar-refractivity contribution in [1.82, 2.24) is 4.31 Å². The summed E-state index contributed by atoms with van der Waals surface area (Å²) >= 11 is 0. The molecule has 7 nitrogen and oxygen atoms in total. The van der Waals surface area contributed by atoms with Crippen molar-refractivity contribution in [2.24, 2.45) is 5.41 Å². The van der Waals surface area contributed by atoms with Crippen LogP contribution in [0.4, 0.5) is 0 Å². The number of sulfonamides is 1. The Morgan fingerprint density at radius 2 is 1.67 bits per heavy atom. The quantitative estimate of drug-likeness (QED) is 0.649. The molecular weight excluding hydrogens is 282 g/mol. The third-order valence-corrected chi connectivity index (χ3v) is 5.66. The van der Waals surface area contributed by atoms with Gasteiger partial charge in [0.25, 0.3) is 10.1 Å². The molecule has 0 spiro atoms. The minimum atomic E-state index is -4.14. The summed E-state index contributed by atoms with van der Waals surface area (Å²) in [7, 11) is -7.41. The predicted octanol–water partition coefficient (Wildman–Crippen LogP) is -0.702. The molecule has 0 aromatic heterocycles. The van der Waals surface area contributed by atoms with Gasteiger partial charge < -0.3 is 5.11 Å². The molecule has 1 aliphatic heterocycles. The molecule has 9 heteroatoms. The Morgan fingerprint density at radius 1 is 1.17 bits per heavy atom. The van der Waals surface area contributed by atoms with E-state index in [4.69, 9.17) is 9.66 Å². The topological polar surface area (TPSA) is 112 Å². The van der Waals surface area contributed by atoms with E-state index in [1.165, 1.54) is 4.31 Å². The Kier molecular flexibility index (Phi) is 4.76. The molecule has 0 amide bonds. The second-order valence-corrected chi connectivity index (χ2v) is 8.30. The van der Waals surface area contributed by atoms with Gasteiger partial charge in [-0.15, -0.1) is 0 Å². The first-order valence-electron chi connectivity index (χ1n) is 5.59. The zero-order valence-electron chi connectivity index (χ0n) is 10.2. The summed E-state index contributed by atoms with van der Waals surface area (Å²) in [6.45, 7) is 0.247. The predicted molar refractivity (Wildman–Crippen MR) is 66.2 cm³/mol. The molecule has 1 rings (SSSR count). The Labute approximate surface area is 108 Å². The highest BCUT2D eigenvalue weighted by atomic mass is 32.2. The molecule has 0 aromatic rings. The van der Waals surface area contributed by atoms with Gasteiger partial charge in [0.1, 0.15) is 0 Å². The lowest BCUT2D eigenvalue weighted by Gasteiger charge is -2.39. The van der Waals surface area contributed by atoms with E-state index in [2.05, 4.69) is 0 Å². The number of hydrogen-bond acceptors (Lipinski definition) is 5. The van der Waals surface area contributed by atoms with Crippen LogP contribution in [0, 0.1) is 5.41 Å². The third kappa shape index (κ3) is 4.47. The van der Waals surface area contributed by atoms with Gasteiger partial charge in [-0.3, -0.25) is 4.55 Å². The normalized spacial score (nSPS) is 21.9. The smallest absolute Gasteiger partial charge is 0.265 e. The summed E-state index contributed by atoms with van der Waals surface area (Å²) in [5, 5.41) is 9.00. The fraction of sp³-hybridized carbons (Fsp3) is 1.00. The van der Waals surface area contributed by atoms with Crippen LogP contribution in [0.25, 0.3) is 0 Å². The molecule has 108 valence electrons. The molecule has 1 saturated heterocycles. The maximum atomic E-state index is 11.3. The molecule has 0 saturated carbocycles. The van der Waals surface area contributed by atoms with E-state index in [0.29, 0.717) is 12.8 Å². The Hall–Kier alpha value is -0.220. The average Bonchev–Trinajstić information content (AvgIpc) is 2.14. The number of aliphatic hydroxyl groups is 1. The van der Waals surface area contributed by atoms with E-state index in [1.807, 2.05) is 0 Å². The van der Waals surface area contributed by atoms with Crippen LogP contribution in [0.5, 0.6) is 0 Å². The van der Waals surface area contributed by atoms with Crippen LogP contribution in [0.15, 0.2) is 0 Å². The van der Waals surface area contributed by atoms with Gasteiger partial charge in [-0.05, 0) is 24.7 Å². The lowest BCUT2D eigenvalue weighted by molar-refractivity contribution is 0.128. The van der Waals surface area contributed by atoms with E-state index in [0.717, 1.165) is 6.26 Å². The van der Waals surface area contributed by atoms with Gasteiger partial charge >= 0.3 is 0 Å². The van der Waals surface area contributed by atoms with Gasteiger partial charge in [0, 0.05) is 19.7 Å². The van der Waals surface area contributed by atoms with Crippen molar-refractivity contribution in [3.05, 3.63) is 0 Å². The van der Waals surface area contributed by atoms with Crippen LogP contribution in [0.2, 0.25) is 0 Å². The van der Waals surface area contributed by atoms with Crippen LogP contribution in [0.3, 0.4) is 0 Å². The van der Waals surface area contributed by atoms with Crippen LogP contribution in [-0.2, 0) is 20.1 Å². The number of piperidine rings is 1. The first-order chi connectivity index (χ1) is 8.08. The van der Waals surface area contributed by atoms with Crippen LogP contribution in [-0.4, -0.2) is 62.5 Å². The van der Waals surface area contributed by atoms with E-state index in [1.54, 1.807) is 0 Å². The van der Waals surface area contributed by atoms with Crippen molar-refractivity contribution in [3.8, 4) is 0 Å². The highest BCUT2D eigenvalue weighted by Crippen LogP contribution is 2.36. The van der Waals surface area contributed by atoms with E-state index in [-0.39, 0.29) is 26.1 Å². The highest BCUT2D eigenvalue weighted by molar-refractivity contribution is 7.88. The number of rotatable bonds is 5. The van der Waals surface area contributed by atoms with Crippen molar-refractivity contribution < 1.29 is 26.5 Å². The minimum absolute atomic E-state index is 0.186. The summed E-state index contributed by atoms with van der Waals surface area (Å²) in [4.78, 5) is 0. The molecule has 0 aromatic carbocycles. The van der Waals surface area contributed by atoms with E-state index in [9.17, 15) is 16.8 Å². The molecule has 1 fully saturated rings. The number of nitrogens with zero attached hydrogens (tertiary/aromatic N) is 1. The van der Waals surface area contributed by atoms with Gasteiger partial charge in [-0.1, -0.05) is 0 Å². The molecule has 0 unspecified atom stereocenters. The largest absolute Gasteiger partial charge is 0.396 e. The second kappa shape index (κ2) is 5.41. The summed E-state index contributed by atoms with van der Waals surface area (Å²) in [6.07, 6.45) is 1.99. The Morgan fingerprint density at radius 3 is 2.00 bits per heavy atom. The Bertz CT molecular complexity index is 475. The second-order valence-electron chi connectivity index (χ2n) is 4.86. The maximum absolute atomic E-state index is 11.3. The van der Waals surface area contributed by atoms with Gasteiger partial charge in [-0.2, -0.15) is 8.42 Å². The van der Waals surface area contributed by atoms with Gasteiger partial charge in [0.2, 0.25) is 10.0 Å². The van der Waals surface area contributed by atoms with Crippen molar-refractivity contribution in [2.45, 2.75) is 19.3 Å². The minimum Gasteiger partial charge on any atom is -0.396 e. The van der Waals surface area contributed by atoms with E-state index < -0.39 is 31.3 Å². The van der Waals surface area contributed by atoms with E-state index >= 15 is 0 Å². The van der Waals surface area contributed by atoms with Crippen LogP contribution < -0.4 is 0 Å². The van der Waals surface area contributed by atoms with Crippen molar-refractivity contribution >= 4 is 20.1 Å². The fourth-order valence-electron chi connectivity index (χ4n) is 2.38. The maximum Gasteiger partial charge on any atom is 0.265 e. The molecule has 1 aliphatic rings. The molecular formula is C9H19NO6S2. The zero-order valence-corrected chi connectivity index (χ0v) is 11.9. The lowest BCUT2D eigenvalue weighted by Crippen LogP contribution is -2.45. The van der Waals surface area contributed by atoms with Crippen molar-refractivity contribution in [1.29, 1.82) is 0 Å². The van der Waals surface area contributed by atoms with Gasteiger partial charge in [0.15, 0.2) is 0 Å². The first-order valence-corrected chi connectivity index (χ1v) is 9.05. The van der Waals surface area contributed by atoms with Gasteiger partial charge in [-0.25, -0.2) is 12.7 Å². The number of hydrogen-bond donors (Lipinski definition) is 2. The van der Waals surface area contributed by atoms with Crippen LogP contribution in [0.1, 0.15) is 19.3 Å². The van der Waals surface area contributed by atoms with Crippen LogP contribution >= 0.6 is 0 Å². The molecule has 1 heterocycles. The standard InChI is InChI=1S/C9H19NO6S2/c1-17(12,13)10-5-2-9(3-6-10,4-7-11)8-18(14,15)16/h11H,2-8H2,1H3,(H,14,15,16). The molecule has 0 aliphatic carbocycles. The summed E-state index contributed by atoms with van der Waals surface area (Å²) in [5.74, 6) is -0.432. The lowest BCUT2D eigenvalue weighted by atomic mass is 9.78. The molecule has 18 heavy (non-hydrogen) atoms. The first kappa shape index (κ1) is 15.8. The molecule has 0 radical (unpaired) electrons. The molecule has 0 bridgehead atoms. The summed E-state index contributed by atoms with van der Waals surface area (Å²) < 4.78 is 54.9. The fourth-order valence-corrected chi connectivity index (χ4v) is 4.44. The Balaban J connectivity index is 2.80. The van der Waals surface area contributed by atoms with Gasteiger partial charge in [0.05, 0.1) is 12.0 Å². The van der Waals surface area contributed by atoms with Crippen molar-refractivity contribution in [2.75, 3.05) is 31.7 Å². The summed E-state index contributed by atoms with van der Waals surface area (Å²) in [6, 6.07) is 0. The molecule has 0 atom stereocenters. The number of aliphatic hydroxyl groups excluding tert-OH is 1. The zero-order chi connectivity index (χ0) is 14.0. The highest BCUT2D eigenvalue weighted by Gasteiger charge is 2.39. The summed E-state index contributed by atoms with van der Waals surface area (Å²) in [5.41, 5.74) is -0.733. The molecule has 2 N–H and O–H groups in total. The third-order valence-electron chi connectivity index (χ3n) is 3.38. The monoisotopic (exact) mass is 301 g/mol. The average molecular weight is 301 g/mol. The SMILES string of the molecule is CS(=O)(=O)N1CCC(CCO)(CS(=O)(=O)O)CC1. The van der Waals surface area contributed by atoms with Crippen molar-refractivity contribution in [3.63, 3.8) is 0 Å².